The van der Waals surface area contributed by atoms with Crippen molar-refractivity contribution in [1.29, 1.82) is 0 Å². The minimum Gasteiger partial charge on any atom is -0.490 e. The first-order chi connectivity index (χ1) is 20.2. The van der Waals surface area contributed by atoms with Crippen molar-refractivity contribution >= 4 is 35.0 Å². The quantitative estimate of drug-likeness (QED) is 0.125. The third-order valence-corrected chi connectivity index (χ3v) is 6.70. The van der Waals surface area contributed by atoms with Crippen molar-refractivity contribution in [2.24, 2.45) is 0 Å². The number of carbonyl (C=O) groups is 2. The number of hydrogen-bond acceptors (Lipinski definition) is 4. The summed E-state index contributed by atoms with van der Waals surface area (Å²) in [6.45, 7) is 1.90. The van der Waals surface area contributed by atoms with E-state index in [0.717, 1.165) is 5.56 Å². The number of carboxylic acid groups (broad SMARTS) is 2. The van der Waals surface area contributed by atoms with E-state index in [-0.39, 0.29) is 25.3 Å². The number of hydrogen-bond donors (Lipinski definition) is 2. The molecule has 0 spiro atoms. The van der Waals surface area contributed by atoms with E-state index in [4.69, 9.17) is 14.6 Å². The zero-order valence-corrected chi connectivity index (χ0v) is 23.1. The van der Waals surface area contributed by atoms with Gasteiger partial charge in [-0.1, -0.05) is 36.4 Å². The molecule has 0 fully saturated rings. The Bertz CT molecular complexity index is 1620. The molecule has 0 bridgehead atoms. The van der Waals surface area contributed by atoms with Gasteiger partial charge in [-0.25, -0.2) is 8.78 Å². The number of rotatable bonds is 14. The summed E-state index contributed by atoms with van der Waals surface area (Å²) in [7, 11) is 0. The molecule has 0 aliphatic heterocycles. The molecule has 3 aromatic carbocycles. The normalized spacial score (nSPS) is 11.5. The van der Waals surface area contributed by atoms with Gasteiger partial charge in [0, 0.05) is 17.5 Å². The van der Waals surface area contributed by atoms with Gasteiger partial charge in [-0.3, -0.25) is 9.59 Å². The molecule has 1 aromatic heterocycles. The number of aryl methyl sites for hydroxylation is 1. The summed E-state index contributed by atoms with van der Waals surface area (Å²) in [6.07, 6.45) is 7.73. The standard InChI is InChI=1S/C33H31F2NO6/c1-22-26(7-6-10-30(37)38)32-28(35)18-15-24(33(32)36(22)21-31(39)40)14-11-23-12-16-25(17-13-23)41-19-4-5-20-42-29-9-3-2-8-27(29)34/h2-5,8-9,11-18H,6-7,10,19-21H2,1H3,(H,37,38)(H,39,40). The average Bonchev–Trinajstić information content (AvgIpc) is 3.23. The molecule has 7 nitrogen and oxygen atoms in total. The summed E-state index contributed by atoms with van der Waals surface area (Å²) in [6, 6.07) is 16.5. The van der Waals surface area contributed by atoms with Gasteiger partial charge in [-0.2, -0.15) is 0 Å². The first-order valence-electron chi connectivity index (χ1n) is 13.4. The maximum Gasteiger partial charge on any atom is 0.323 e. The number of aromatic nitrogens is 1. The van der Waals surface area contributed by atoms with E-state index in [1.165, 1.54) is 12.1 Å². The fourth-order valence-electron chi connectivity index (χ4n) is 4.70. The maximum absolute atomic E-state index is 15.1. The monoisotopic (exact) mass is 575 g/mol. The van der Waals surface area contributed by atoms with Crippen molar-refractivity contribution in [2.45, 2.75) is 32.7 Å². The van der Waals surface area contributed by atoms with Crippen molar-refractivity contribution in [3.8, 4) is 11.5 Å². The van der Waals surface area contributed by atoms with Crippen molar-refractivity contribution in [3.63, 3.8) is 0 Å². The molecule has 2 N–H and O–H groups in total. The predicted octanol–water partition coefficient (Wildman–Crippen LogP) is 6.90. The van der Waals surface area contributed by atoms with Crippen LogP contribution in [0.4, 0.5) is 8.78 Å². The highest BCUT2D eigenvalue weighted by Gasteiger charge is 2.21. The van der Waals surface area contributed by atoms with E-state index >= 15 is 4.39 Å². The highest BCUT2D eigenvalue weighted by molar-refractivity contribution is 5.95. The molecule has 4 aromatic rings. The first kappa shape index (κ1) is 30.0. The van der Waals surface area contributed by atoms with Gasteiger partial charge in [-0.05, 0) is 85.0 Å². The minimum atomic E-state index is -1.06. The van der Waals surface area contributed by atoms with E-state index in [2.05, 4.69) is 0 Å². The number of aliphatic carboxylic acids is 2. The number of nitrogens with zero attached hydrogens (tertiary/aromatic N) is 1. The van der Waals surface area contributed by atoms with Crippen LogP contribution < -0.4 is 9.47 Å². The minimum absolute atomic E-state index is 0.0633. The van der Waals surface area contributed by atoms with E-state index in [9.17, 15) is 19.1 Å². The van der Waals surface area contributed by atoms with Crippen LogP contribution >= 0.6 is 0 Å². The number of para-hydroxylation sites is 1. The van der Waals surface area contributed by atoms with E-state index in [0.29, 0.717) is 52.9 Å². The zero-order valence-electron chi connectivity index (χ0n) is 23.1. The lowest BCUT2D eigenvalue weighted by Crippen LogP contribution is -2.10. The fraction of sp³-hybridized carbons (Fsp3) is 0.212. The molecule has 0 unspecified atom stereocenters. The van der Waals surface area contributed by atoms with Crippen LogP contribution in [0.5, 0.6) is 11.5 Å². The molecule has 0 amide bonds. The second-order valence-corrected chi connectivity index (χ2v) is 9.58. The number of benzene rings is 3. The molecule has 0 aliphatic rings. The predicted molar refractivity (Wildman–Crippen MR) is 157 cm³/mol. The SMILES string of the molecule is Cc1c(CCCC(=O)O)c2c(F)ccc(C=Cc3ccc(OCC=CCOc4ccccc4F)cc3)c2n1CC(=O)O. The van der Waals surface area contributed by atoms with Crippen LogP contribution in [0.2, 0.25) is 0 Å². The Morgan fingerprint density at radius 1 is 0.857 bits per heavy atom. The van der Waals surface area contributed by atoms with Crippen LogP contribution in [0.25, 0.3) is 23.1 Å². The third kappa shape index (κ3) is 7.63. The van der Waals surface area contributed by atoms with E-state index in [1.54, 1.807) is 66.1 Å². The van der Waals surface area contributed by atoms with Gasteiger partial charge in [-0.15, -0.1) is 0 Å². The van der Waals surface area contributed by atoms with Gasteiger partial charge in [0.2, 0.25) is 0 Å². The molecule has 0 aliphatic carbocycles. The fourth-order valence-corrected chi connectivity index (χ4v) is 4.70. The van der Waals surface area contributed by atoms with E-state index in [1.807, 2.05) is 18.2 Å². The maximum atomic E-state index is 15.1. The van der Waals surface area contributed by atoms with E-state index < -0.39 is 23.6 Å². The van der Waals surface area contributed by atoms with Crippen LogP contribution in [0.15, 0.2) is 72.8 Å². The first-order valence-corrected chi connectivity index (χ1v) is 13.4. The lowest BCUT2D eigenvalue weighted by atomic mass is 10.0. The molecular formula is C33H31F2NO6. The van der Waals surface area contributed by atoms with Gasteiger partial charge in [0.15, 0.2) is 11.6 Å². The van der Waals surface area contributed by atoms with Gasteiger partial charge in [0.1, 0.15) is 31.3 Å². The molecule has 9 heteroatoms. The van der Waals surface area contributed by atoms with Crippen LogP contribution in [0.1, 0.15) is 35.2 Å². The lowest BCUT2D eigenvalue weighted by Gasteiger charge is -2.08. The summed E-state index contributed by atoms with van der Waals surface area (Å²) in [4.78, 5) is 22.6. The Hall–Kier alpha value is -4.92. The summed E-state index contributed by atoms with van der Waals surface area (Å²) in [5.74, 6) is -2.06. The Labute approximate surface area is 241 Å². The zero-order chi connectivity index (χ0) is 30.1. The Kier molecular flexibility index (Phi) is 10.1. The molecular weight excluding hydrogens is 544 g/mol. The lowest BCUT2D eigenvalue weighted by molar-refractivity contribution is -0.138. The van der Waals surface area contributed by atoms with Gasteiger partial charge in [0.25, 0.3) is 0 Å². The Morgan fingerprint density at radius 2 is 1.57 bits per heavy atom. The van der Waals surface area contributed by atoms with Gasteiger partial charge < -0.3 is 24.3 Å². The molecule has 4 rings (SSSR count). The second kappa shape index (κ2) is 14.1. The number of halogens is 2. The van der Waals surface area contributed by atoms with Crippen molar-refractivity contribution in [2.75, 3.05) is 13.2 Å². The summed E-state index contributed by atoms with van der Waals surface area (Å²) in [5.41, 5.74) is 3.18. The highest BCUT2D eigenvalue weighted by atomic mass is 19.1. The number of fused-ring (bicyclic) bond motifs is 1. The Balaban J connectivity index is 1.45. The number of carboxylic acids is 2. The molecule has 42 heavy (non-hydrogen) atoms. The third-order valence-electron chi connectivity index (χ3n) is 6.70. The molecule has 0 atom stereocenters. The number of ether oxygens (including phenoxy) is 2. The van der Waals surface area contributed by atoms with Crippen molar-refractivity contribution in [3.05, 3.63) is 107 Å². The van der Waals surface area contributed by atoms with Crippen LogP contribution in [-0.4, -0.2) is 39.9 Å². The molecule has 1 heterocycles. The van der Waals surface area contributed by atoms with Crippen molar-refractivity contribution < 1.29 is 38.1 Å². The largest absolute Gasteiger partial charge is 0.490 e. The highest BCUT2D eigenvalue weighted by Crippen LogP contribution is 2.33. The summed E-state index contributed by atoms with van der Waals surface area (Å²) < 4.78 is 41.3. The van der Waals surface area contributed by atoms with Gasteiger partial charge in [0.05, 0.1) is 5.52 Å². The summed E-state index contributed by atoms with van der Waals surface area (Å²) in [5, 5.41) is 18.9. The van der Waals surface area contributed by atoms with Gasteiger partial charge >= 0.3 is 11.9 Å². The second-order valence-electron chi connectivity index (χ2n) is 9.58. The molecule has 0 saturated heterocycles. The molecule has 0 radical (unpaired) electrons. The molecule has 0 saturated carbocycles. The average molecular weight is 576 g/mol. The molecule has 218 valence electrons. The summed E-state index contributed by atoms with van der Waals surface area (Å²) >= 11 is 0. The van der Waals surface area contributed by atoms with Crippen LogP contribution in [-0.2, 0) is 22.6 Å². The van der Waals surface area contributed by atoms with Crippen molar-refractivity contribution in [1.82, 2.24) is 4.57 Å². The van der Waals surface area contributed by atoms with Crippen LogP contribution in [0.3, 0.4) is 0 Å². The topological polar surface area (TPSA) is 98.0 Å². The van der Waals surface area contributed by atoms with Crippen LogP contribution in [0, 0.1) is 18.6 Å². The smallest absolute Gasteiger partial charge is 0.323 e. The Morgan fingerprint density at radius 3 is 2.26 bits per heavy atom.